The van der Waals surface area contributed by atoms with Crippen molar-refractivity contribution in [3.8, 4) is 0 Å². The zero-order valence-electron chi connectivity index (χ0n) is 9.43. The van der Waals surface area contributed by atoms with Crippen LogP contribution in [0.3, 0.4) is 0 Å². The fourth-order valence-electron chi connectivity index (χ4n) is 2.57. The van der Waals surface area contributed by atoms with Crippen LogP contribution in [-0.4, -0.2) is 25.1 Å². The van der Waals surface area contributed by atoms with Gasteiger partial charge in [0.2, 0.25) is 0 Å². The number of rotatable bonds is 2. The second kappa shape index (κ2) is 5.50. The molecule has 2 atom stereocenters. The lowest BCUT2D eigenvalue weighted by Gasteiger charge is -2.26. The summed E-state index contributed by atoms with van der Waals surface area (Å²) < 4.78 is 5.75. The van der Waals surface area contributed by atoms with Gasteiger partial charge in [0, 0.05) is 19.1 Å². The van der Waals surface area contributed by atoms with Crippen molar-refractivity contribution in [2.24, 2.45) is 5.92 Å². The predicted octanol–water partition coefficient (Wildman–Crippen LogP) is 2.31. The average Bonchev–Trinajstić information content (AvgIpc) is 2.46. The largest absolute Gasteiger partial charge is 0.378 e. The van der Waals surface area contributed by atoms with Gasteiger partial charge in [-0.1, -0.05) is 6.42 Å². The summed E-state index contributed by atoms with van der Waals surface area (Å²) in [6, 6.07) is 0. The van der Waals surface area contributed by atoms with Crippen molar-refractivity contribution in [2.45, 2.75) is 51.0 Å². The monoisotopic (exact) mass is 210 g/mol. The molecule has 2 unspecified atom stereocenters. The highest BCUT2D eigenvalue weighted by Gasteiger charge is 2.23. The van der Waals surface area contributed by atoms with E-state index in [0.717, 1.165) is 25.4 Å². The van der Waals surface area contributed by atoms with E-state index in [9.17, 15) is 0 Å². The van der Waals surface area contributed by atoms with Crippen LogP contribution in [-0.2, 0) is 4.74 Å². The summed E-state index contributed by atoms with van der Waals surface area (Å²) in [5.41, 5.74) is 0. The molecular formula is C12H22N2O. The summed E-state index contributed by atoms with van der Waals surface area (Å²) in [6.07, 6.45) is 8.84. The van der Waals surface area contributed by atoms with Crippen LogP contribution >= 0.6 is 0 Å². The molecule has 3 heteroatoms. The molecule has 3 nitrogen and oxygen atoms in total. The predicted molar refractivity (Wildman–Crippen MR) is 61.3 cm³/mol. The van der Waals surface area contributed by atoms with Gasteiger partial charge in [-0.3, -0.25) is 5.41 Å². The number of hydrogen-bond donors (Lipinski definition) is 2. The normalized spacial score (nSPS) is 33.2. The van der Waals surface area contributed by atoms with Gasteiger partial charge in [-0.2, -0.15) is 0 Å². The quantitative estimate of drug-likeness (QED) is 0.734. The van der Waals surface area contributed by atoms with E-state index in [4.69, 9.17) is 10.1 Å². The highest BCUT2D eigenvalue weighted by Crippen LogP contribution is 2.24. The van der Waals surface area contributed by atoms with E-state index < -0.39 is 0 Å². The van der Waals surface area contributed by atoms with E-state index in [1.807, 2.05) is 0 Å². The van der Waals surface area contributed by atoms with Gasteiger partial charge in [0.15, 0.2) is 0 Å². The third-order valence-electron chi connectivity index (χ3n) is 3.52. The fourth-order valence-corrected chi connectivity index (χ4v) is 2.57. The molecule has 0 radical (unpaired) electrons. The molecule has 86 valence electrons. The van der Waals surface area contributed by atoms with Crippen molar-refractivity contribution < 1.29 is 4.74 Å². The maximum atomic E-state index is 7.94. The summed E-state index contributed by atoms with van der Waals surface area (Å²) in [5.74, 6) is 1.18. The molecule has 15 heavy (non-hydrogen) atoms. The van der Waals surface area contributed by atoms with E-state index in [1.165, 1.54) is 38.5 Å². The average molecular weight is 210 g/mol. The fraction of sp³-hybridized carbons (Fsp3) is 0.917. The molecule has 0 aliphatic carbocycles. The summed E-state index contributed by atoms with van der Waals surface area (Å²) in [7, 11) is 0. The van der Waals surface area contributed by atoms with Gasteiger partial charge in [0.1, 0.15) is 0 Å². The lowest BCUT2D eigenvalue weighted by Crippen LogP contribution is -2.32. The highest BCUT2D eigenvalue weighted by molar-refractivity contribution is 5.81. The first-order valence-corrected chi connectivity index (χ1v) is 6.30. The van der Waals surface area contributed by atoms with Crippen LogP contribution in [0, 0.1) is 11.3 Å². The number of hydrogen-bond acceptors (Lipinski definition) is 2. The minimum atomic E-state index is 0.420. The second-order valence-electron chi connectivity index (χ2n) is 4.76. The molecule has 2 aliphatic heterocycles. The van der Waals surface area contributed by atoms with Crippen LogP contribution < -0.4 is 5.32 Å². The first-order valence-electron chi connectivity index (χ1n) is 6.30. The third kappa shape index (κ3) is 3.20. The van der Waals surface area contributed by atoms with Gasteiger partial charge < -0.3 is 10.1 Å². The maximum Gasteiger partial charge on any atom is 0.0964 e. The van der Waals surface area contributed by atoms with Crippen molar-refractivity contribution in [3.63, 3.8) is 0 Å². The Balaban J connectivity index is 1.82. The van der Waals surface area contributed by atoms with Crippen molar-refractivity contribution in [1.82, 2.24) is 5.32 Å². The Morgan fingerprint density at radius 2 is 2.07 bits per heavy atom. The molecule has 0 saturated carbocycles. The van der Waals surface area contributed by atoms with Gasteiger partial charge >= 0.3 is 0 Å². The van der Waals surface area contributed by atoms with Gasteiger partial charge in [0.25, 0.3) is 0 Å². The van der Waals surface area contributed by atoms with E-state index in [2.05, 4.69) is 5.32 Å². The molecule has 0 aromatic rings. The number of nitrogens with one attached hydrogen (secondary N) is 2. The molecule has 2 aliphatic rings. The zero-order valence-corrected chi connectivity index (χ0v) is 9.43. The zero-order chi connectivity index (χ0) is 10.5. The summed E-state index contributed by atoms with van der Waals surface area (Å²) in [5, 5.41) is 11.1. The lowest BCUT2D eigenvalue weighted by atomic mass is 9.92. The Morgan fingerprint density at radius 3 is 2.87 bits per heavy atom. The van der Waals surface area contributed by atoms with Crippen molar-refractivity contribution >= 4 is 5.84 Å². The Morgan fingerprint density at radius 1 is 1.20 bits per heavy atom. The molecular weight excluding hydrogens is 188 g/mol. The summed E-state index contributed by atoms with van der Waals surface area (Å²) >= 11 is 0. The topological polar surface area (TPSA) is 45.1 Å². The second-order valence-corrected chi connectivity index (χ2v) is 4.76. The Labute approximate surface area is 92.1 Å². The first-order chi connectivity index (χ1) is 7.36. The van der Waals surface area contributed by atoms with Crippen LogP contribution in [0.4, 0.5) is 0 Å². The van der Waals surface area contributed by atoms with E-state index in [1.54, 1.807) is 0 Å². The van der Waals surface area contributed by atoms with Gasteiger partial charge in [-0.15, -0.1) is 0 Å². The lowest BCUT2D eigenvalue weighted by molar-refractivity contribution is 0.00547. The SMILES string of the molecule is N=C1NCCCCC1CC1CCCCO1. The smallest absolute Gasteiger partial charge is 0.0964 e. The third-order valence-corrected chi connectivity index (χ3v) is 3.52. The highest BCUT2D eigenvalue weighted by atomic mass is 16.5. The minimum absolute atomic E-state index is 0.420. The summed E-state index contributed by atoms with van der Waals surface area (Å²) in [4.78, 5) is 0. The Hall–Kier alpha value is -0.570. The molecule has 0 amide bonds. The van der Waals surface area contributed by atoms with Crippen molar-refractivity contribution in [2.75, 3.05) is 13.2 Å². The van der Waals surface area contributed by atoms with E-state index in [-0.39, 0.29) is 0 Å². The standard InChI is InChI=1S/C12H22N2O/c13-12-10(5-1-3-7-14-12)9-11-6-2-4-8-15-11/h10-11H,1-9H2,(H2,13,14). The molecule has 2 heterocycles. The van der Waals surface area contributed by atoms with E-state index >= 15 is 0 Å². The van der Waals surface area contributed by atoms with E-state index in [0.29, 0.717) is 12.0 Å². The van der Waals surface area contributed by atoms with Gasteiger partial charge in [-0.25, -0.2) is 0 Å². The van der Waals surface area contributed by atoms with Crippen LogP contribution in [0.5, 0.6) is 0 Å². The molecule has 0 bridgehead atoms. The van der Waals surface area contributed by atoms with Crippen LogP contribution in [0.25, 0.3) is 0 Å². The van der Waals surface area contributed by atoms with Gasteiger partial charge in [-0.05, 0) is 38.5 Å². The Kier molecular flexibility index (Phi) is 4.01. The van der Waals surface area contributed by atoms with Crippen LogP contribution in [0.2, 0.25) is 0 Å². The van der Waals surface area contributed by atoms with Crippen LogP contribution in [0.1, 0.15) is 44.9 Å². The number of ether oxygens (including phenoxy) is 1. The van der Waals surface area contributed by atoms with Crippen LogP contribution in [0.15, 0.2) is 0 Å². The molecule has 2 saturated heterocycles. The molecule has 0 spiro atoms. The maximum absolute atomic E-state index is 7.94. The minimum Gasteiger partial charge on any atom is -0.378 e. The molecule has 2 rings (SSSR count). The first kappa shape index (κ1) is 10.9. The Bertz CT molecular complexity index is 212. The van der Waals surface area contributed by atoms with Gasteiger partial charge in [0.05, 0.1) is 11.9 Å². The van der Waals surface area contributed by atoms with Crippen molar-refractivity contribution in [1.29, 1.82) is 5.41 Å². The van der Waals surface area contributed by atoms with Crippen molar-refractivity contribution in [3.05, 3.63) is 0 Å². The molecule has 2 N–H and O–H groups in total. The molecule has 2 fully saturated rings. The molecule has 0 aromatic heterocycles. The summed E-state index contributed by atoms with van der Waals surface area (Å²) in [6.45, 7) is 1.92. The number of amidine groups is 1. The molecule has 0 aromatic carbocycles.